The number of ether oxygens (including phenoxy) is 1. The van der Waals surface area contributed by atoms with Crippen LogP contribution in [0.1, 0.15) is 35.7 Å². The van der Waals surface area contributed by atoms with Crippen LogP contribution in [0.15, 0.2) is 42.5 Å². The number of aldehydes is 1. The number of rotatable bonds is 6. The fourth-order valence-corrected chi connectivity index (χ4v) is 2.39. The molecular weight excluding hydrogens is 363 g/mol. The highest BCUT2D eigenvalue weighted by molar-refractivity contribution is 14.1. The molecule has 2 nitrogen and oxygen atoms in total. The van der Waals surface area contributed by atoms with E-state index in [9.17, 15) is 4.79 Å². The Morgan fingerprint density at radius 1 is 1.15 bits per heavy atom. The van der Waals surface area contributed by atoms with Crippen LogP contribution in [-0.2, 0) is 6.42 Å². The van der Waals surface area contributed by atoms with Gasteiger partial charge in [-0.1, -0.05) is 25.5 Å². The molecule has 0 unspecified atom stereocenters. The molecule has 0 spiro atoms. The Morgan fingerprint density at radius 2 is 1.90 bits per heavy atom. The number of hydrogen-bond acceptors (Lipinski definition) is 2. The van der Waals surface area contributed by atoms with E-state index in [4.69, 9.17) is 4.74 Å². The van der Waals surface area contributed by atoms with Crippen LogP contribution in [0.3, 0.4) is 0 Å². The topological polar surface area (TPSA) is 26.3 Å². The van der Waals surface area contributed by atoms with E-state index >= 15 is 0 Å². The summed E-state index contributed by atoms with van der Waals surface area (Å²) in [6.45, 7) is 2.19. The fraction of sp³-hybridized carbons (Fsp3) is 0.235. The maximum atomic E-state index is 11.0. The molecule has 0 amide bonds. The first kappa shape index (κ1) is 15.0. The zero-order chi connectivity index (χ0) is 14.4. The van der Waals surface area contributed by atoms with Crippen LogP contribution >= 0.6 is 22.6 Å². The summed E-state index contributed by atoms with van der Waals surface area (Å²) < 4.78 is 6.85. The van der Waals surface area contributed by atoms with Crippen molar-refractivity contribution in [3.8, 4) is 11.5 Å². The van der Waals surface area contributed by atoms with Gasteiger partial charge in [0.05, 0.1) is 5.56 Å². The minimum atomic E-state index is 0.570. The van der Waals surface area contributed by atoms with Gasteiger partial charge in [0.2, 0.25) is 0 Å². The zero-order valence-electron chi connectivity index (χ0n) is 11.4. The summed E-state index contributed by atoms with van der Waals surface area (Å²) in [6.07, 6.45) is 4.32. The van der Waals surface area contributed by atoms with Crippen LogP contribution in [0.2, 0.25) is 0 Å². The van der Waals surface area contributed by atoms with Crippen molar-refractivity contribution in [1.29, 1.82) is 0 Å². The number of unbranched alkanes of at least 4 members (excludes halogenated alkanes) is 1. The molecule has 0 saturated carbocycles. The number of aryl methyl sites for hydroxylation is 1. The third-order valence-corrected chi connectivity index (χ3v) is 3.74. The van der Waals surface area contributed by atoms with Crippen molar-refractivity contribution in [2.75, 3.05) is 0 Å². The van der Waals surface area contributed by atoms with Crippen LogP contribution in [0.25, 0.3) is 0 Å². The van der Waals surface area contributed by atoms with Crippen molar-refractivity contribution in [2.45, 2.75) is 26.2 Å². The summed E-state index contributed by atoms with van der Waals surface area (Å²) in [5, 5.41) is 0. The van der Waals surface area contributed by atoms with E-state index in [0.717, 1.165) is 22.0 Å². The average Bonchev–Trinajstić information content (AvgIpc) is 2.47. The van der Waals surface area contributed by atoms with Crippen LogP contribution in [-0.4, -0.2) is 6.29 Å². The summed E-state index contributed by atoms with van der Waals surface area (Å²) in [5.74, 6) is 1.36. The van der Waals surface area contributed by atoms with E-state index in [-0.39, 0.29) is 0 Å². The zero-order valence-corrected chi connectivity index (χ0v) is 13.6. The lowest BCUT2D eigenvalue weighted by Gasteiger charge is -2.09. The molecule has 3 heteroatoms. The molecule has 0 aromatic heterocycles. The molecule has 0 heterocycles. The monoisotopic (exact) mass is 380 g/mol. The molecule has 0 N–H and O–H groups in total. The second kappa shape index (κ2) is 7.43. The van der Waals surface area contributed by atoms with E-state index in [1.807, 2.05) is 24.3 Å². The minimum Gasteiger partial charge on any atom is -0.457 e. The second-order valence-corrected chi connectivity index (χ2v) is 5.90. The maximum Gasteiger partial charge on any atom is 0.153 e. The summed E-state index contributed by atoms with van der Waals surface area (Å²) in [6, 6.07) is 13.6. The van der Waals surface area contributed by atoms with Gasteiger partial charge in [0.1, 0.15) is 11.5 Å². The SMILES string of the molecule is CCCCc1ccc(Oc2cc(I)ccc2C=O)cc1. The maximum absolute atomic E-state index is 11.0. The van der Waals surface area contributed by atoms with Crippen LogP contribution < -0.4 is 4.74 Å². The van der Waals surface area contributed by atoms with Gasteiger partial charge in [-0.05, 0) is 71.3 Å². The molecule has 2 aromatic carbocycles. The van der Waals surface area contributed by atoms with Crippen LogP contribution in [0, 0.1) is 3.57 Å². The van der Waals surface area contributed by atoms with Crippen molar-refractivity contribution < 1.29 is 9.53 Å². The highest BCUT2D eigenvalue weighted by Gasteiger charge is 2.05. The first-order chi connectivity index (χ1) is 9.72. The highest BCUT2D eigenvalue weighted by atomic mass is 127. The first-order valence-electron chi connectivity index (χ1n) is 6.74. The Kier molecular flexibility index (Phi) is 5.59. The fourth-order valence-electron chi connectivity index (χ4n) is 1.93. The van der Waals surface area contributed by atoms with Gasteiger partial charge in [-0.2, -0.15) is 0 Å². The van der Waals surface area contributed by atoms with E-state index in [1.54, 1.807) is 6.07 Å². The highest BCUT2D eigenvalue weighted by Crippen LogP contribution is 2.26. The summed E-state index contributed by atoms with van der Waals surface area (Å²) in [4.78, 5) is 11.0. The number of benzene rings is 2. The van der Waals surface area contributed by atoms with Crippen LogP contribution in [0.5, 0.6) is 11.5 Å². The molecule has 0 fully saturated rings. The normalized spacial score (nSPS) is 10.3. The Hall–Kier alpha value is -1.36. The van der Waals surface area contributed by atoms with E-state index in [0.29, 0.717) is 11.3 Å². The van der Waals surface area contributed by atoms with Crippen LogP contribution in [0.4, 0.5) is 0 Å². The van der Waals surface area contributed by atoms with Crippen molar-refractivity contribution in [2.24, 2.45) is 0 Å². The van der Waals surface area contributed by atoms with Gasteiger partial charge in [0.25, 0.3) is 0 Å². The molecule has 104 valence electrons. The van der Waals surface area contributed by atoms with E-state index in [2.05, 4.69) is 41.6 Å². The van der Waals surface area contributed by atoms with Crippen molar-refractivity contribution in [3.63, 3.8) is 0 Å². The molecule has 2 rings (SSSR count). The molecule has 0 radical (unpaired) electrons. The van der Waals surface area contributed by atoms with Gasteiger partial charge in [-0.3, -0.25) is 4.79 Å². The van der Waals surface area contributed by atoms with Gasteiger partial charge in [-0.25, -0.2) is 0 Å². The third-order valence-electron chi connectivity index (χ3n) is 3.07. The molecule has 20 heavy (non-hydrogen) atoms. The Morgan fingerprint density at radius 3 is 2.55 bits per heavy atom. The van der Waals surface area contributed by atoms with Gasteiger partial charge < -0.3 is 4.74 Å². The number of hydrogen-bond donors (Lipinski definition) is 0. The lowest BCUT2D eigenvalue weighted by atomic mass is 10.1. The summed E-state index contributed by atoms with van der Waals surface area (Å²) >= 11 is 2.21. The standard InChI is InChI=1S/C17H17IO2/c1-2-3-4-13-5-9-16(10-6-13)20-17-11-15(18)8-7-14(17)12-19/h5-12H,2-4H2,1H3. The number of halogens is 1. The lowest BCUT2D eigenvalue weighted by Crippen LogP contribution is -1.92. The van der Waals surface area contributed by atoms with Crippen molar-refractivity contribution in [1.82, 2.24) is 0 Å². The van der Waals surface area contributed by atoms with Crippen molar-refractivity contribution in [3.05, 3.63) is 57.2 Å². The minimum absolute atomic E-state index is 0.570. The largest absolute Gasteiger partial charge is 0.457 e. The molecule has 0 saturated heterocycles. The molecule has 0 atom stereocenters. The Bertz CT molecular complexity index is 576. The van der Waals surface area contributed by atoms with Crippen molar-refractivity contribution >= 4 is 28.9 Å². The van der Waals surface area contributed by atoms with Gasteiger partial charge >= 0.3 is 0 Å². The number of carbonyl (C=O) groups excluding carboxylic acids is 1. The second-order valence-electron chi connectivity index (χ2n) is 4.65. The Labute approximate surface area is 133 Å². The molecule has 0 bridgehead atoms. The molecule has 0 aliphatic carbocycles. The number of carbonyl (C=O) groups is 1. The van der Waals surface area contributed by atoms with E-state index in [1.165, 1.54) is 18.4 Å². The molecular formula is C17H17IO2. The van der Waals surface area contributed by atoms with Gasteiger partial charge in [-0.15, -0.1) is 0 Å². The average molecular weight is 380 g/mol. The molecule has 0 aliphatic heterocycles. The third kappa shape index (κ3) is 4.07. The van der Waals surface area contributed by atoms with E-state index < -0.39 is 0 Å². The predicted molar refractivity (Wildman–Crippen MR) is 89.7 cm³/mol. The first-order valence-corrected chi connectivity index (χ1v) is 7.82. The van der Waals surface area contributed by atoms with Gasteiger partial charge in [0.15, 0.2) is 6.29 Å². The predicted octanol–water partition coefficient (Wildman–Crippen LogP) is 5.24. The van der Waals surface area contributed by atoms with Gasteiger partial charge in [0, 0.05) is 3.57 Å². The molecule has 2 aromatic rings. The summed E-state index contributed by atoms with van der Waals surface area (Å²) in [7, 11) is 0. The smallest absolute Gasteiger partial charge is 0.153 e. The Balaban J connectivity index is 2.13. The quantitative estimate of drug-likeness (QED) is 0.506. The summed E-state index contributed by atoms with van der Waals surface area (Å²) in [5.41, 5.74) is 1.89. The molecule has 0 aliphatic rings. The lowest BCUT2D eigenvalue weighted by molar-refractivity contribution is 0.112.